The summed E-state index contributed by atoms with van der Waals surface area (Å²) in [6.07, 6.45) is 2.80. The fourth-order valence-corrected chi connectivity index (χ4v) is 5.21. The van der Waals surface area contributed by atoms with Gasteiger partial charge in [0.25, 0.3) is 0 Å². The molecule has 2 atom stereocenters. The number of hydrogen-bond acceptors (Lipinski definition) is 6. The standard InChI is InChI=1S/C37H50N6O4/c1-21(2)30(42-34(44)46-36(6,7)8)32-38-19-28(40-32)25-14-12-24(13-15-25)26-16-17-27(23(5)18-26)29-20-39-33(41-29)31(22(3)4)43-35(45)47-37(9,10)11/h12-22,30-31H,1-11H3,(H,38,40)(H,39,41)(H,42,44)(H,43,45)/t30-,31-/m0/s1. The van der Waals surface area contributed by atoms with Gasteiger partial charge in [-0.2, -0.15) is 0 Å². The molecule has 0 saturated carbocycles. The van der Waals surface area contributed by atoms with Crippen molar-refractivity contribution in [3.8, 4) is 33.6 Å². The number of aromatic amines is 2. The Kier molecular flexibility index (Phi) is 10.5. The molecule has 0 radical (unpaired) electrons. The number of alkyl carbamates (subject to hydrolysis) is 2. The SMILES string of the molecule is Cc1cc(-c2ccc(-c3c[nH]c([C@@H](NC(=O)OC(C)(C)C)C(C)C)n3)cc2)ccc1-c1c[nH]c([C@@H](NC(=O)OC(C)(C)C)C(C)C)n1. The molecule has 0 unspecified atom stereocenters. The van der Waals surface area contributed by atoms with E-state index in [4.69, 9.17) is 19.4 Å². The molecule has 252 valence electrons. The van der Waals surface area contributed by atoms with Crippen molar-refractivity contribution in [1.29, 1.82) is 0 Å². The highest BCUT2D eigenvalue weighted by Gasteiger charge is 2.26. The van der Waals surface area contributed by atoms with Crippen molar-refractivity contribution in [3.05, 3.63) is 72.1 Å². The van der Waals surface area contributed by atoms with E-state index in [0.29, 0.717) is 11.6 Å². The van der Waals surface area contributed by atoms with Crippen LogP contribution in [0.1, 0.15) is 98.5 Å². The maximum atomic E-state index is 12.5. The van der Waals surface area contributed by atoms with Gasteiger partial charge in [0.1, 0.15) is 22.9 Å². The summed E-state index contributed by atoms with van der Waals surface area (Å²) in [6, 6.07) is 13.9. The molecule has 0 aliphatic heterocycles. The highest BCUT2D eigenvalue weighted by atomic mass is 16.6. The molecule has 0 bridgehead atoms. The zero-order valence-corrected chi connectivity index (χ0v) is 29.5. The second kappa shape index (κ2) is 14.0. The van der Waals surface area contributed by atoms with E-state index in [9.17, 15) is 9.59 Å². The lowest BCUT2D eigenvalue weighted by atomic mass is 9.97. The van der Waals surface area contributed by atoms with E-state index in [1.807, 2.05) is 93.8 Å². The average Bonchev–Trinajstić information content (AvgIpc) is 3.63. The first kappa shape index (κ1) is 35.3. The molecule has 0 aliphatic carbocycles. The fourth-order valence-electron chi connectivity index (χ4n) is 5.21. The molecule has 4 N–H and O–H groups in total. The number of nitrogens with one attached hydrogen (secondary N) is 4. The van der Waals surface area contributed by atoms with Crippen molar-refractivity contribution in [2.24, 2.45) is 11.8 Å². The summed E-state index contributed by atoms with van der Waals surface area (Å²) in [6.45, 7) is 21.3. The van der Waals surface area contributed by atoms with E-state index in [1.165, 1.54) is 0 Å². The summed E-state index contributed by atoms with van der Waals surface area (Å²) in [5.41, 5.74) is 5.67. The van der Waals surface area contributed by atoms with Crippen molar-refractivity contribution in [1.82, 2.24) is 30.6 Å². The van der Waals surface area contributed by atoms with Crippen molar-refractivity contribution < 1.29 is 19.1 Å². The number of aromatic nitrogens is 4. The maximum Gasteiger partial charge on any atom is 0.408 e. The summed E-state index contributed by atoms with van der Waals surface area (Å²) in [4.78, 5) is 41.1. The Morgan fingerprint density at radius 2 is 1.09 bits per heavy atom. The number of benzene rings is 2. The molecule has 2 aromatic carbocycles. The van der Waals surface area contributed by atoms with E-state index in [-0.39, 0.29) is 23.9 Å². The quantitative estimate of drug-likeness (QED) is 0.144. The molecule has 0 spiro atoms. The number of carbonyl (C=O) groups is 2. The Hall–Kier alpha value is -4.60. The van der Waals surface area contributed by atoms with Gasteiger partial charge in [-0.1, -0.05) is 70.2 Å². The van der Waals surface area contributed by atoms with Crippen LogP contribution < -0.4 is 10.6 Å². The molecule has 0 saturated heterocycles. The molecule has 4 aromatic rings. The highest BCUT2D eigenvalue weighted by molar-refractivity contribution is 5.74. The van der Waals surface area contributed by atoms with Crippen molar-refractivity contribution in [2.75, 3.05) is 0 Å². The Bertz CT molecular complexity index is 1670. The fraction of sp³-hybridized carbons (Fsp3) is 0.459. The zero-order chi connectivity index (χ0) is 34.7. The molecular weight excluding hydrogens is 592 g/mol. The topological polar surface area (TPSA) is 134 Å². The second-order valence-corrected chi connectivity index (χ2v) is 14.7. The van der Waals surface area contributed by atoms with Crippen molar-refractivity contribution in [3.63, 3.8) is 0 Å². The maximum absolute atomic E-state index is 12.5. The third-order valence-electron chi connectivity index (χ3n) is 7.48. The number of H-pyrrole nitrogens is 2. The zero-order valence-electron chi connectivity index (χ0n) is 29.5. The monoisotopic (exact) mass is 642 g/mol. The number of nitrogens with zero attached hydrogens (tertiary/aromatic N) is 2. The van der Waals surface area contributed by atoms with Crippen LogP contribution >= 0.6 is 0 Å². The van der Waals surface area contributed by atoms with E-state index < -0.39 is 23.4 Å². The third-order valence-corrected chi connectivity index (χ3v) is 7.48. The number of ether oxygens (including phenoxy) is 2. The van der Waals surface area contributed by atoms with Gasteiger partial charge in [0.15, 0.2) is 0 Å². The predicted octanol–water partition coefficient (Wildman–Crippen LogP) is 8.89. The number of aryl methyl sites for hydroxylation is 1. The van der Waals surface area contributed by atoms with E-state index in [0.717, 1.165) is 39.2 Å². The van der Waals surface area contributed by atoms with Gasteiger partial charge < -0.3 is 30.1 Å². The third kappa shape index (κ3) is 9.47. The van der Waals surface area contributed by atoms with Crippen LogP contribution in [0.4, 0.5) is 9.59 Å². The molecule has 10 heteroatoms. The van der Waals surface area contributed by atoms with Crippen LogP contribution in [0.3, 0.4) is 0 Å². The van der Waals surface area contributed by atoms with Gasteiger partial charge in [0.2, 0.25) is 0 Å². The van der Waals surface area contributed by atoms with Crippen molar-refractivity contribution >= 4 is 12.2 Å². The predicted molar refractivity (Wildman–Crippen MR) is 186 cm³/mol. The molecule has 2 heterocycles. The molecule has 0 fully saturated rings. The summed E-state index contributed by atoms with van der Waals surface area (Å²) in [5.74, 6) is 1.57. The molecule has 2 aromatic heterocycles. The Labute approximate surface area is 278 Å². The second-order valence-electron chi connectivity index (χ2n) is 14.7. The number of rotatable bonds is 9. The molecule has 0 aliphatic rings. The van der Waals surface area contributed by atoms with E-state index in [2.05, 4.69) is 57.9 Å². The van der Waals surface area contributed by atoms with E-state index in [1.54, 1.807) is 0 Å². The minimum atomic E-state index is -0.582. The normalized spacial score (nSPS) is 13.4. The summed E-state index contributed by atoms with van der Waals surface area (Å²) in [7, 11) is 0. The Balaban J connectivity index is 1.48. The minimum absolute atomic E-state index is 0.103. The Morgan fingerprint density at radius 3 is 1.53 bits per heavy atom. The highest BCUT2D eigenvalue weighted by Crippen LogP contribution is 2.31. The van der Waals surface area contributed by atoms with Crippen LogP contribution in [0.2, 0.25) is 0 Å². The molecule has 10 nitrogen and oxygen atoms in total. The lowest BCUT2D eigenvalue weighted by Gasteiger charge is -2.24. The molecule has 2 amide bonds. The lowest BCUT2D eigenvalue weighted by Crippen LogP contribution is -2.37. The van der Waals surface area contributed by atoms with Gasteiger partial charge in [-0.25, -0.2) is 19.6 Å². The summed E-state index contributed by atoms with van der Waals surface area (Å²) in [5, 5.41) is 5.91. The number of imidazole rings is 2. The first-order valence-electron chi connectivity index (χ1n) is 16.2. The van der Waals surface area contributed by atoms with E-state index >= 15 is 0 Å². The molecule has 47 heavy (non-hydrogen) atoms. The van der Waals surface area contributed by atoms with Crippen LogP contribution in [0.15, 0.2) is 54.9 Å². The van der Waals surface area contributed by atoms with Gasteiger partial charge in [-0.15, -0.1) is 0 Å². The largest absolute Gasteiger partial charge is 0.444 e. The summed E-state index contributed by atoms with van der Waals surface area (Å²) < 4.78 is 10.9. The van der Waals surface area contributed by atoms with Crippen molar-refractivity contribution in [2.45, 2.75) is 99.4 Å². The first-order chi connectivity index (χ1) is 21.9. The molecular formula is C37H50N6O4. The summed E-state index contributed by atoms with van der Waals surface area (Å²) >= 11 is 0. The van der Waals surface area contributed by atoms with Gasteiger partial charge in [-0.05, 0) is 77.0 Å². The number of hydrogen-bond donors (Lipinski definition) is 4. The lowest BCUT2D eigenvalue weighted by molar-refractivity contribution is 0.0475. The number of amides is 2. The minimum Gasteiger partial charge on any atom is -0.444 e. The smallest absolute Gasteiger partial charge is 0.408 e. The van der Waals surface area contributed by atoms with Gasteiger partial charge in [-0.3, -0.25) is 0 Å². The van der Waals surface area contributed by atoms with Gasteiger partial charge in [0, 0.05) is 23.5 Å². The van der Waals surface area contributed by atoms with Crippen LogP contribution in [0.25, 0.3) is 33.6 Å². The van der Waals surface area contributed by atoms with Crippen LogP contribution in [-0.4, -0.2) is 43.3 Å². The Morgan fingerprint density at radius 1 is 0.660 bits per heavy atom. The first-order valence-corrected chi connectivity index (χ1v) is 16.2. The van der Waals surface area contributed by atoms with Gasteiger partial charge >= 0.3 is 12.2 Å². The van der Waals surface area contributed by atoms with Crippen LogP contribution in [0, 0.1) is 18.8 Å². The molecule has 4 rings (SSSR count). The average molecular weight is 643 g/mol. The van der Waals surface area contributed by atoms with Crippen LogP contribution in [0.5, 0.6) is 0 Å². The van der Waals surface area contributed by atoms with Crippen LogP contribution in [-0.2, 0) is 9.47 Å². The number of carbonyl (C=O) groups excluding carboxylic acids is 2. The van der Waals surface area contributed by atoms with Gasteiger partial charge in [0.05, 0.1) is 23.5 Å².